The van der Waals surface area contributed by atoms with Gasteiger partial charge in [0.1, 0.15) is 29.1 Å². The highest BCUT2D eigenvalue weighted by Gasteiger charge is 2.48. The lowest BCUT2D eigenvalue weighted by molar-refractivity contribution is -0.132. The first-order valence-corrected chi connectivity index (χ1v) is 10.7. The van der Waals surface area contributed by atoms with Crippen molar-refractivity contribution in [3.63, 3.8) is 0 Å². The molecule has 0 saturated carbocycles. The smallest absolute Gasteiger partial charge is 0.300 e. The first kappa shape index (κ1) is 22.3. The molecule has 1 fully saturated rings. The lowest BCUT2D eigenvalue weighted by atomic mass is 9.95. The largest absolute Gasteiger partial charge is 0.507 e. The highest BCUT2D eigenvalue weighted by atomic mass is 19.1. The number of aliphatic hydroxyl groups excluding tert-OH is 1. The number of Topliss-reactive ketones (excluding diaryl/α,β-unsaturated/α-hetero) is 1. The van der Waals surface area contributed by atoms with Gasteiger partial charge in [0.05, 0.1) is 18.4 Å². The van der Waals surface area contributed by atoms with Gasteiger partial charge in [-0.25, -0.2) is 4.39 Å². The van der Waals surface area contributed by atoms with Crippen molar-refractivity contribution in [2.75, 3.05) is 11.5 Å². The molecule has 1 unspecified atom stereocenters. The van der Waals surface area contributed by atoms with Gasteiger partial charge < -0.3 is 14.3 Å². The Morgan fingerprint density at radius 3 is 2.58 bits per heavy atom. The zero-order valence-electron chi connectivity index (χ0n) is 18.5. The normalized spacial score (nSPS) is 17.7. The van der Waals surface area contributed by atoms with Crippen LogP contribution in [0.25, 0.3) is 5.76 Å². The Morgan fingerprint density at radius 2 is 1.94 bits per heavy atom. The van der Waals surface area contributed by atoms with E-state index in [2.05, 4.69) is 0 Å². The maximum atomic E-state index is 13.9. The number of ketones is 1. The maximum absolute atomic E-state index is 13.9. The molecule has 170 valence electrons. The van der Waals surface area contributed by atoms with Gasteiger partial charge in [-0.3, -0.25) is 14.5 Å². The third-order valence-corrected chi connectivity index (χ3v) is 5.55. The number of halogens is 1. The summed E-state index contributed by atoms with van der Waals surface area (Å²) in [5.74, 6) is -1.59. The van der Waals surface area contributed by atoms with E-state index in [1.807, 2.05) is 20.8 Å². The number of furan rings is 1. The quantitative estimate of drug-likeness (QED) is 0.302. The molecule has 6 nitrogen and oxygen atoms in total. The predicted octanol–water partition coefficient (Wildman–Crippen LogP) is 5.57. The molecule has 0 spiro atoms. The molecule has 0 bridgehead atoms. The van der Waals surface area contributed by atoms with Crippen LogP contribution in [-0.4, -0.2) is 23.4 Å². The average Bonchev–Trinajstić information content (AvgIpc) is 3.40. The van der Waals surface area contributed by atoms with E-state index in [1.54, 1.807) is 30.3 Å². The van der Waals surface area contributed by atoms with Crippen molar-refractivity contribution < 1.29 is 28.2 Å². The summed E-state index contributed by atoms with van der Waals surface area (Å²) in [5.41, 5.74) is 1.29. The third-order valence-electron chi connectivity index (χ3n) is 5.55. The van der Waals surface area contributed by atoms with Gasteiger partial charge in [-0.15, -0.1) is 0 Å². The lowest BCUT2D eigenvalue weighted by Gasteiger charge is -2.23. The second kappa shape index (κ2) is 8.94. The predicted molar refractivity (Wildman–Crippen MR) is 122 cm³/mol. The second-order valence-corrected chi connectivity index (χ2v) is 8.00. The van der Waals surface area contributed by atoms with Crippen LogP contribution in [0.1, 0.15) is 49.6 Å². The van der Waals surface area contributed by atoms with Crippen molar-refractivity contribution in [2.24, 2.45) is 0 Å². The molecule has 1 saturated heterocycles. The van der Waals surface area contributed by atoms with Crippen LogP contribution in [0.5, 0.6) is 5.75 Å². The summed E-state index contributed by atoms with van der Waals surface area (Å²) in [6, 6.07) is 12.7. The number of carbonyl (C=O) groups is 2. The minimum Gasteiger partial charge on any atom is -0.507 e. The van der Waals surface area contributed by atoms with Gasteiger partial charge in [0, 0.05) is 11.3 Å². The number of ether oxygens (including phenoxy) is 1. The van der Waals surface area contributed by atoms with Crippen molar-refractivity contribution in [3.8, 4) is 5.75 Å². The van der Waals surface area contributed by atoms with Gasteiger partial charge in [-0.05, 0) is 66.9 Å². The van der Waals surface area contributed by atoms with E-state index in [0.717, 1.165) is 16.5 Å². The Labute approximate surface area is 190 Å². The van der Waals surface area contributed by atoms with Crippen molar-refractivity contribution >= 4 is 23.1 Å². The number of amides is 1. The van der Waals surface area contributed by atoms with Crippen molar-refractivity contribution in [3.05, 3.63) is 89.1 Å². The van der Waals surface area contributed by atoms with Crippen LogP contribution in [0.2, 0.25) is 0 Å². The van der Waals surface area contributed by atoms with Gasteiger partial charge in [0.25, 0.3) is 11.7 Å². The molecule has 0 radical (unpaired) electrons. The van der Waals surface area contributed by atoms with Crippen molar-refractivity contribution in [2.45, 2.75) is 32.7 Å². The SMILES string of the molecule is CCOc1ccc(/C(O)=C2/C(=O)C(=O)N(c3cccc(F)c3)C2c2ccco2)cc1C(C)C. The van der Waals surface area contributed by atoms with Gasteiger partial charge >= 0.3 is 0 Å². The molecule has 1 aliphatic heterocycles. The van der Waals surface area contributed by atoms with Crippen LogP contribution in [-0.2, 0) is 9.59 Å². The Hall–Kier alpha value is -3.87. The molecule has 1 aliphatic rings. The molecule has 1 amide bonds. The minimum absolute atomic E-state index is 0.0925. The fourth-order valence-corrected chi connectivity index (χ4v) is 4.03. The molecular formula is C26H24FNO5. The molecule has 0 aliphatic carbocycles. The zero-order chi connectivity index (χ0) is 23.7. The number of nitrogens with zero attached hydrogens (tertiary/aromatic N) is 1. The van der Waals surface area contributed by atoms with Gasteiger partial charge in [0.2, 0.25) is 0 Å². The monoisotopic (exact) mass is 449 g/mol. The maximum Gasteiger partial charge on any atom is 0.300 e. The fraction of sp³-hybridized carbons (Fsp3) is 0.231. The van der Waals surface area contributed by atoms with E-state index in [1.165, 1.54) is 24.5 Å². The highest BCUT2D eigenvalue weighted by Crippen LogP contribution is 2.43. The molecule has 1 atom stereocenters. The average molecular weight is 449 g/mol. The third kappa shape index (κ3) is 4.02. The van der Waals surface area contributed by atoms with Crippen LogP contribution in [0, 0.1) is 5.82 Å². The number of carbonyl (C=O) groups excluding carboxylic acids is 2. The highest BCUT2D eigenvalue weighted by molar-refractivity contribution is 6.51. The number of hydrogen-bond acceptors (Lipinski definition) is 5. The summed E-state index contributed by atoms with van der Waals surface area (Å²) in [7, 11) is 0. The molecule has 4 rings (SSSR count). The number of aliphatic hydroxyl groups is 1. The zero-order valence-corrected chi connectivity index (χ0v) is 18.5. The Balaban J connectivity index is 1.90. The van der Waals surface area contributed by atoms with Crippen LogP contribution >= 0.6 is 0 Å². The molecule has 2 heterocycles. The summed E-state index contributed by atoms with van der Waals surface area (Å²) in [6.07, 6.45) is 1.41. The number of anilines is 1. The number of rotatable bonds is 6. The molecule has 3 aromatic rings. The van der Waals surface area contributed by atoms with E-state index in [0.29, 0.717) is 17.9 Å². The summed E-state index contributed by atoms with van der Waals surface area (Å²) in [6.45, 7) is 6.36. The summed E-state index contributed by atoms with van der Waals surface area (Å²) >= 11 is 0. The van der Waals surface area contributed by atoms with Crippen molar-refractivity contribution in [1.29, 1.82) is 0 Å². The van der Waals surface area contributed by atoms with Crippen molar-refractivity contribution in [1.82, 2.24) is 0 Å². The van der Waals surface area contributed by atoms with Gasteiger partial charge in [-0.1, -0.05) is 19.9 Å². The minimum atomic E-state index is -1.05. The summed E-state index contributed by atoms with van der Waals surface area (Å²) in [5, 5.41) is 11.2. The van der Waals surface area contributed by atoms with E-state index < -0.39 is 23.5 Å². The molecular weight excluding hydrogens is 425 g/mol. The molecule has 7 heteroatoms. The summed E-state index contributed by atoms with van der Waals surface area (Å²) < 4.78 is 25.1. The molecule has 2 aromatic carbocycles. The van der Waals surface area contributed by atoms with E-state index in [9.17, 15) is 19.1 Å². The van der Waals surface area contributed by atoms with Crippen LogP contribution in [0.4, 0.5) is 10.1 Å². The topological polar surface area (TPSA) is 80.0 Å². The van der Waals surface area contributed by atoms with Gasteiger partial charge in [0.15, 0.2) is 0 Å². The van der Waals surface area contributed by atoms with Gasteiger partial charge in [-0.2, -0.15) is 0 Å². The van der Waals surface area contributed by atoms with E-state index in [-0.39, 0.29) is 28.7 Å². The first-order valence-electron chi connectivity index (χ1n) is 10.7. The van der Waals surface area contributed by atoms with E-state index >= 15 is 0 Å². The Kier molecular flexibility index (Phi) is 6.05. The second-order valence-electron chi connectivity index (χ2n) is 8.00. The lowest BCUT2D eigenvalue weighted by Crippen LogP contribution is -2.29. The Bertz CT molecular complexity index is 1230. The van der Waals surface area contributed by atoms with Crippen LogP contribution < -0.4 is 9.64 Å². The first-order chi connectivity index (χ1) is 15.8. The Morgan fingerprint density at radius 1 is 1.15 bits per heavy atom. The molecule has 1 aromatic heterocycles. The number of hydrogen-bond donors (Lipinski definition) is 1. The van der Waals surface area contributed by atoms with Crippen LogP contribution in [0.15, 0.2) is 70.9 Å². The number of benzene rings is 2. The standard InChI is InChI=1S/C26H24FNO5/c1-4-32-20-11-10-16(13-19(20)15(2)3)24(29)22-23(21-9-6-12-33-21)28(26(31)25(22)30)18-8-5-7-17(27)14-18/h5-15,23,29H,4H2,1-3H3/b24-22-. The molecule has 33 heavy (non-hydrogen) atoms. The van der Waals surface area contributed by atoms with Crippen LogP contribution in [0.3, 0.4) is 0 Å². The summed E-state index contributed by atoms with van der Waals surface area (Å²) in [4.78, 5) is 27.3. The van der Waals surface area contributed by atoms with E-state index in [4.69, 9.17) is 9.15 Å². The molecule has 1 N–H and O–H groups in total. The fourth-order valence-electron chi connectivity index (χ4n) is 4.03.